The lowest BCUT2D eigenvalue weighted by Gasteiger charge is -2.41. The molecule has 2 aromatic rings. The van der Waals surface area contributed by atoms with Crippen LogP contribution in [0.1, 0.15) is 147 Å². The van der Waals surface area contributed by atoms with Crippen LogP contribution in [0.2, 0.25) is 0 Å². The first-order valence-corrected chi connectivity index (χ1v) is 22.7. The number of thiazole rings is 1. The number of rotatable bonds is 25. The van der Waals surface area contributed by atoms with Crippen LogP contribution in [0.4, 0.5) is 0 Å². The number of carbonyl (C=O) groups excluding carboxylic acids is 4. The fourth-order valence-corrected chi connectivity index (χ4v) is 8.91. The number of carboxylic acid groups (broad SMARTS) is 1. The normalized spacial score (nSPS) is 18.3. The van der Waals surface area contributed by atoms with Crippen molar-refractivity contribution < 1.29 is 38.9 Å². The van der Waals surface area contributed by atoms with Crippen molar-refractivity contribution in [3.8, 4) is 5.75 Å². The van der Waals surface area contributed by atoms with Gasteiger partial charge in [-0.05, 0) is 89.0 Å². The van der Waals surface area contributed by atoms with Crippen molar-refractivity contribution in [1.82, 2.24) is 25.4 Å². The molecular formula is C45H72N6O8S. The van der Waals surface area contributed by atoms with Gasteiger partial charge in [0.2, 0.25) is 11.8 Å². The van der Waals surface area contributed by atoms with E-state index >= 15 is 0 Å². The third kappa shape index (κ3) is 14.0. The van der Waals surface area contributed by atoms with Crippen molar-refractivity contribution >= 4 is 41.0 Å². The molecule has 0 bridgehead atoms. The molecule has 0 radical (unpaired) electrons. The van der Waals surface area contributed by atoms with Crippen molar-refractivity contribution in [2.24, 2.45) is 23.0 Å². The second kappa shape index (κ2) is 23.2. The number of ether oxygens (including phenoxy) is 1. The van der Waals surface area contributed by atoms with Gasteiger partial charge in [0.05, 0.1) is 11.0 Å². The van der Waals surface area contributed by atoms with E-state index in [1.54, 1.807) is 31.4 Å². The fraction of sp³-hybridized carbons (Fsp3) is 0.689. The number of phenols is 1. The van der Waals surface area contributed by atoms with Gasteiger partial charge in [0.15, 0.2) is 6.10 Å². The second-order valence-electron chi connectivity index (χ2n) is 17.7. The number of nitrogens with two attached hydrogens (primary N) is 1. The predicted octanol–water partition coefficient (Wildman–Crippen LogP) is 6.46. The van der Waals surface area contributed by atoms with E-state index in [9.17, 15) is 34.2 Å². The molecular weight excluding hydrogens is 785 g/mol. The first kappa shape index (κ1) is 50.3. The van der Waals surface area contributed by atoms with Crippen LogP contribution in [0.25, 0.3) is 0 Å². The maximum Gasteiger partial charge on any atom is 0.309 e. The SMILES string of the molecule is CCCCCCN(C(=O)C(NC(=O)[C@@]1(C)CCCN1CCN)C(C)CC)C(CC(OC(C)=O)c1nc(C(=O)N[C@@H](Cc2ccc(O)cc2)CC(C)(C)C(=O)O)cs1)C(C)C. The molecule has 0 saturated carbocycles. The summed E-state index contributed by atoms with van der Waals surface area (Å²) in [5.74, 6) is -2.55. The number of unbranched alkanes of at least 4 members (excludes halogenated alkanes) is 3. The Morgan fingerprint density at radius 3 is 2.33 bits per heavy atom. The van der Waals surface area contributed by atoms with Crippen LogP contribution in [0.15, 0.2) is 29.6 Å². The number of nitrogens with one attached hydrogen (secondary N) is 2. The topological polar surface area (TPSA) is 204 Å². The van der Waals surface area contributed by atoms with Gasteiger partial charge in [0.25, 0.3) is 5.91 Å². The van der Waals surface area contributed by atoms with Crippen molar-refractivity contribution in [3.63, 3.8) is 0 Å². The quantitative estimate of drug-likeness (QED) is 0.0541. The molecule has 15 heteroatoms. The van der Waals surface area contributed by atoms with Crippen LogP contribution < -0.4 is 16.4 Å². The smallest absolute Gasteiger partial charge is 0.309 e. The molecule has 1 aliphatic rings. The van der Waals surface area contributed by atoms with E-state index in [0.29, 0.717) is 43.9 Å². The first-order chi connectivity index (χ1) is 28.3. The molecule has 1 aliphatic heterocycles. The van der Waals surface area contributed by atoms with Crippen LogP contribution in [-0.2, 0) is 30.3 Å². The average molecular weight is 857 g/mol. The van der Waals surface area contributed by atoms with E-state index in [0.717, 1.165) is 44.2 Å². The van der Waals surface area contributed by atoms with Gasteiger partial charge in [-0.2, -0.15) is 0 Å². The number of aromatic hydroxyl groups is 1. The number of nitrogens with zero attached hydrogens (tertiary/aromatic N) is 3. The molecule has 14 nitrogen and oxygen atoms in total. The monoisotopic (exact) mass is 857 g/mol. The van der Waals surface area contributed by atoms with Crippen molar-refractivity contribution in [2.45, 2.75) is 156 Å². The lowest BCUT2D eigenvalue weighted by Crippen LogP contribution is -2.61. The van der Waals surface area contributed by atoms with E-state index in [2.05, 4.69) is 27.4 Å². The highest BCUT2D eigenvalue weighted by atomic mass is 32.1. The first-order valence-electron chi connectivity index (χ1n) is 21.8. The number of aromatic nitrogens is 1. The van der Waals surface area contributed by atoms with Gasteiger partial charge in [-0.15, -0.1) is 11.3 Å². The van der Waals surface area contributed by atoms with Crippen LogP contribution in [0, 0.1) is 17.3 Å². The Balaban J connectivity index is 1.96. The number of likely N-dealkylation sites (tertiary alicyclic amines) is 1. The summed E-state index contributed by atoms with van der Waals surface area (Å²) < 4.78 is 5.92. The molecule has 3 amide bonds. The minimum Gasteiger partial charge on any atom is -0.508 e. The fourth-order valence-electron chi connectivity index (χ4n) is 8.07. The number of amides is 3. The zero-order valence-corrected chi connectivity index (χ0v) is 38.2. The van der Waals surface area contributed by atoms with Gasteiger partial charge in [0, 0.05) is 50.4 Å². The molecule has 0 spiro atoms. The maximum atomic E-state index is 15.0. The summed E-state index contributed by atoms with van der Waals surface area (Å²) in [4.78, 5) is 76.3. The third-order valence-electron chi connectivity index (χ3n) is 12.0. The van der Waals surface area contributed by atoms with Gasteiger partial charge >= 0.3 is 11.9 Å². The van der Waals surface area contributed by atoms with Gasteiger partial charge in [-0.3, -0.25) is 28.9 Å². The molecule has 3 rings (SSSR count). The molecule has 1 aromatic carbocycles. The summed E-state index contributed by atoms with van der Waals surface area (Å²) in [6, 6.07) is 4.74. The Morgan fingerprint density at radius 1 is 1.07 bits per heavy atom. The largest absolute Gasteiger partial charge is 0.508 e. The average Bonchev–Trinajstić information content (AvgIpc) is 3.84. The van der Waals surface area contributed by atoms with Crippen molar-refractivity contribution in [3.05, 3.63) is 45.9 Å². The van der Waals surface area contributed by atoms with E-state index in [1.165, 1.54) is 30.4 Å². The molecule has 1 aromatic heterocycles. The minimum absolute atomic E-state index is 0.0835. The highest BCUT2D eigenvalue weighted by Gasteiger charge is 2.45. The van der Waals surface area contributed by atoms with Crippen LogP contribution in [0.3, 0.4) is 0 Å². The molecule has 60 heavy (non-hydrogen) atoms. The van der Waals surface area contributed by atoms with Crippen molar-refractivity contribution in [2.75, 3.05) is 26.2 Å². The predicted molar refractivity (Wildman–Crippen MR) is 234 cm³/mol. The number of aliphatic carboxylic acids is 1. The van der Waals surface area contributed by atoms with Gasteiger partial charge < -0.3 is 36.2 Å². The number of carbonyl (C=O) groups is 5. The summed E-state index contributed by atoms with van der Waals surface area (Å²) in [5, 5.41) is 27.8. The number of esters is 1. The number of hydrogen-bond donors (Lipinski definition) is 5. The Bertz CT molecular complexity index is 1720. The summed E-state index contributed by atoms with van der Waals surface area (Å²) in [5.41, 5.74) is 4.88. The lowest BCUT2D eigenvalue weighted by atomic mass is 9.84. The molecule has 6 N–H and O–H groups in total. The lowest BCUT2D eigenvalue weighted by molar-refractivity contribution is -0.150. The maximum absolute atomic E-state index is 15.0. The van der Waals surface area contributed by atoms with Crippen LogP contribution in [-0.4, -0.2) is 105 Å². The summed E-state index contributed by atoms with van der Waals surface area (Å²) in [6.45, 7) is 18.9. The van der Waals surface area contributed by atoms with Gasteiger partial charge in [0.1, 0.15) is 22.5 Å². The Kier molecular flexibility index (Phi) is 19.5. The van der Waals surface area contributed by atoms with E-state index in [-0.39, 0.29) is 47.9 Å². The van der Waals surface area contributed by atoms with Crippen LogP contribution >= 0.6 is 11.3 Å². The molecule has 2 heterocycles. The number of carboxylic acids is 1. The minimum atomic E-state index is -1.15. The standard InChI is InChI=1S/C45H72N6O8S/c1-10-12-13-14-23-51(41(55)38(30(5)11-2)49-42(56)45(9)20-15-22-50(45)24-21-46)36(29(3)4)26-37(59-31(6)52)40-48-35(28-60-40)39(54)47-33(27-44(7,8)43(57)58)25-32-16-18-34(53)19-17-32/h16-19,28-30,33,36-38,53H,10-15,20-27,46H2,1-9H3,(H,47,54)(H,49,56)(H,57,58)/t30?,33-,36?,37?,38?,45+/m0/s1. The number of benzene rings is 1. The Morgan fingerprint density at radius 2 is 1.75 bits per heavy atom. The highest BCUT2D eigenvalue weighted by molar-refractivity contribution is 7.09. The van der Waals surface area contributed by atoms with Crippen LogP contribution in [0.5, 0.6) is 5.75 Å². The Labute approximate surface area is 361 Å². The van der Waals surface area contributed by atoms with E-state index < -0.39 is 53.0 Å². The zero-order valence-electron chi connectivity index (χ0n) is 37.4. The molecule has 0 aliphatic carbocycles. The molecule has 336 valence electrons. The Hall–Kier alpha value is -4.08. The number of hydrogen-bond acceptors (Lipinski definition) is 11. The summed E-state index contributed by atoms with van der Waals surface area (Å²) in [6.07, 6.45) is 5.70. The van der Waals surface area contributed by atoms with E-state index in [1.807, 2.05) is 39.5 Å². The molecule has 1 fully saturated rings. The van der Waals surface area contributed by atoms with Crippen molar-refractivity contribution in [1.29, 1.82) is 0 Å². The molecule has 6 atom stereocenters. The zero-order chi connectivity index (χ0) is 44.8. The van der Waals surface area contributed by atoms with Gasteiger partial charge in [-0.25, -0.2) is 4.98 Å². The number of phenolic OH excluding ortho intramolecular Hbond substituents is 1. The molecule has 4 unspecified atom stereocenters. The molecule has 1 saturated heterocycles. The highest BCUT2D eigenvalue weighted by Crippen LogP contribution is 2.33. The summed E-state index contributed by atoms with van der Waals surface area (Å²) >= 11 is 1.17. The van der Waals surface area contributed by atoms with Gasteiger partial charge in [-0.1, -0.05) is 72.4 Å². The second-order valence-corrected chi connectivity index (χ2v) is 18.6. The van der Waals surface area contributed by atoms with E-state index in [4.69, 9.17) is 10.5 Å². The third-order valence-corrected chi connectivity index (χ3v) is 13.0. The summed E-state index contributed by atoms with van der Waals surface area (Å²) in [7, 11) is 0.